The molecule has 126 valence electrons. The average molecular weight is 322 g/mol. The van der Waals surface area contributed by atoms with Crippen molar-refractivity contribution in [3.8, 4) is 11.5 Å². The van der Waals surface area contributed by atoms with Gasteiger partial charge in [0.1, 0.15) is 11.5 Å². The molecule has 0 radical (unpaired) electrons. The second-order valence-corrected chi connectivity index (χ2v) is 6.99. The monoisotopic (exact) mass is 322 g/mol. The normalized spacial score (nSPS) is 18.5. The fourth-order valence-corrected chi connectivity index (χ4v) is 3.72. The lowest BCUT2D eigenvalue weighted by Gasteiger charge is -2.36. The van der Waals surface area contributed by atoms with Crippen molar-refractivity contribution in [3.63, 3.8) is 0 Å². The van der Waals surface area contributed by atoms with E-state index in [1.807, 2.05) is 18.3 Å². The maximum Gasteiger partial charge on any atom is 0.145 e. The van der Waals surface area contributed by atoms with E-state index in [0.29, 0.717) is 0 Å². The average Bonchev–Trinajstić information content (AvgIpc) is 2.77. The van der Waals surface area contributed by atoms with Gasteiger partial charge in [-0.15, -0.1) is 0 Å². The molecule has 1 fully saturated rings. The number of hydrogen-bond acceptors (Lipinski definition) is 3. The van der Waals surface area contributed by atoms with E-state index >= 15 is 0 Å². The second kappa shape index (κ2) is 6.94. The van der Waals surface area contributed by atoms with Crippen molar-refractivity contribution >= 4 is 0 Å². The quantitative estimate of drug-likeness (QED) is 0.835. The van der Waals surface area contributed by atoms with E-state index in [4.69, 9.17) is 4.74 Å². The summed E-state index contributed by atoms with van der Waals surface area (Å²) in [4.78, 5) is 7.10. The number of aryl methyl sites for hydroxylation is 1. The Hall–Kier alpha value is -1.87. The van der Waals surface area contributed by atoms with Crippen molar-refractivity contribution < 1.29 is 4.74 Å². The first-order chi connectivity index (χ1) is 11.8. The lowest BCUT2D eigenvalue weighted by atomic mass is 9.91. The van der Waals surface area contributed by atoms with Crippen LogP contribution in [0, 0.1) is 0 Å². The second-order valence-electron chi connectivity index (χ2n) is 6.99. The first-order valence-electron chi connectivity index (χ1n) is 9.30. The van der Waals surface area contributed by atoms with Gasteiger partial charge in [0.15, 0.2) is 0 Å². The Bertz CT molecular complexity index is 691. The van der Waals surface area contributed by atoms with Gasteiger partial charge in [0.05, 0.1) is 6.20 Å². The van der Waals surface area contributed by atoms with E-state index in [-0.39, 0.29) is 0 Å². The highest BCUT2D eigenvalue weighted by molar-refractivity contribution is 5.39. The van der Waals surface area contributed by atoms with Gasteiger partial charge in [-0.2, -0.15) is 0 Å². The minimum absolute atomic E-state index is 0.817. The summed E-state index contributed by atoms with van der Waals surface area (Å²) in [5.41, 5.74) is 4.04. The summed E-state index contributed by atoms with van der Waals surface area (Å²) in [5.74, 6) is 1.74. The molecular weight excluding hydrogens is 296 g/mol. The van der Waals surface area contributed by atoms with Crippen LogP contribution in [0.2, 0.25) is 0 Å². The topological polar surface area (TPSA) is 25.4 Å². The molecule has 1 saturated carbocycles. The van der Waals surface area contributed by atoms with E-state index < -0.39 is 0 Å². The van der Waals surface area contributed by atoms with Gasteiger partial charge in [0.2, 0.25) is 0 Å². The van der Waals surface area contributed by atoms with Crippen molar-refractivity contribution in [2.24, 2.45) is 0 Å². The van der Waals surface area contributed by atoms with Crippen LogP contribution >= 0.6 is 0 Å². The molecule has 1 aliphatic carbocycles. The number of hydrogen-bond donors (Lipinski definition) is 0. The number of aromatic nitrogens is 1. The van der Waals surface area contributed by atoms with Crippen LogP contribution < -0.4 is 4.74 Å². The highest BCUT2D eigenvalue weighted by Crippen LogP contribution is 2.29. The van der Waals surface area contributed by atoms with Crippen LogP contribution in [-0.2, 0) is 19.3 Å². The summed E-state index contributed by atoms with van der Waals surface area (Å²) < 4.78 is 6.02. The zero-order valence-corrected chi connectivity index (χ0v) is 14.5. The van der Waals surface area contributed by atoms with Gasteiger partial charge in [-0.05, 0) is 67.5 Å². The third-order valence-electron chi connectivity index (χ3n) is 5.50. The van der Waals surface area contributed by atoms with Crippen molar-refractivity contribution in [1.29, 1.82) is 0 Å². The summed E-state index contributed by atoms with van der Waals surface area (Å²) >= 11 is 0. The predicted molar refractivity (Wildman–Crippen MR) is 96.8 cm³/mol. The number of pyridine rings is 1. The largest absolute Gasteiger partial charge is 0.456 e. The van der Waals surface area contributed by atoms with Crippen molar-refractivity contribution in [2.75, 3.05) is 13.1 Å². The van der Waals surface area contributed by atoms with E-state index in [1.54, 1.807) is 0 Å². The van der Waals surface area contributed by atoms with Crippen LogP contribution in [0.1, 0.15) is 43.0 Å². The molecule has 0 atom stereocenters. The number of ether oxygens (including phenoxy) is 1. The van der Waals surface area contributed by atoms with Gasteiger partial charge in [-0.1, -0.05) is 19.4 Å². The first kappa shape index (κ1) is 15.6. The predicted octanol–water partition coefficient (Wildman–Crippen LogP) is 4.39. The zero-order valence-electron chi connectivity index (χ0n) is 14.5. The van der Waals surface area contributed by atoms with Crippen molar-refractivity contribution in [3.05, 3.63) is 53.3 Å². The molecule has 0 N–H and O–H groups in total. The third kappa shape index (κ3) is 3.32. The molecule has 1 aliphatic heterocycles. The van der Waals surface area contributed by atoms with Crippen LogP contribution in [0.4, 0.5) is 0 Å². The fraction of sp³-hybridized carbons (Fsp3) is 0.476. The number of fused-ring (bicyclic) bond motifs is 1. The number of benzene rings is 1. The molecular formula is C21H26N2O. The smallest absolute Gasteiger partial charge is 0.145 e. The molecule has 2 aliphatic rings. The minimum atomic E-state index is 0.817. The minimum Gasteiger partial charge on any atom is -0.456 e. The van der Waals surface area contributed by atoms with Crippen LogP contribution in [0.15, 0.2) is 36.5 Å². The Morgan fingerprint density at radius 2 is 1.83 bits per heavy atom. The Balaban J connectivity index is 1.46. The maximum atomic E-state index is 6.02. The van der Waals surface area contributed by atoms with E-state index in [1.165, 1.54) is 49.9 Å². The van der Waals surface area contributed by atoms with Crippen LogP contribution in [0.3, 0.4) is 0 Å². The van der Waals surface area contributed by atoms with Crippen molar-refractivity contribution in [2.45, 2.75) is 51.5 Å². The molecule has 24 heavy (non-hydrogen) atoms. The van der Waals surface area contributed by atoms with E-state index in [9.17, 15) is 0 Å². The molecule has 0 amide bonds. The van der Waals surface area contributed by atoms with Gasteiger partial charge >= 0.3 is 0 Å². The zero-order chi connectivity index (χ0) is 16.4. The molecule has 4 rings (SSSR count). The summed E-state index contributed by atoms with van der Waals surface area (Å²) in [6.07, 6.45) is 9.28. The molecule has 0 saturated heterocycles. The van der Waals surface area contributed by atoms with Gasteiger partial charge in [-0.3, -0.25) is 9.88 Å². The van der Waals surface area contributed by atoms with Gasteiger partial charge in [0, 0.05) is 24.8 Å². The van der Waals surface area contributed by atoms with Crippen molar-refractivity contribution in [1.82, 2.24) is 9.88 Å². The van der Waals surface area contributed by atoms with Gasteiger partial charge in [-0.25, -0.2) is 0 Å². The molecule has 0 unspecified atom stereocenters. The van der Waals surface area contributed by atoms with Crippen LogP contribution in [-0.4, -0.2) is 29.0 Å². The molecule has 0 spiro atoms. The highest BCUT2D eigenvalue weighted by Gasteiger charge is 2.26. The van der Waals surface area contributed by atoms with Crippen LogP contribution in [0.25, 0.3) is 0 Å². The number of rotatable bonds is 4. The van der Waals surface area contributed by atoms with E-state index in [0.717, 1.165) is 36.1 Å². The molecule has 1 aromatic heterocycles. The van der Waals surface area contributed by atoms with E-state index in [2.05, 4.69) is 35.0 Å². The lowest BCUT2D eigenvalue weighted by molar-refractivity contribution is 0.133. The maximum absolute atomic E-state index is 6.02. The Morgan fingerprint density at radius 3 is 2.50 bits per heavy atom. The Labute approximate surface area is 144 Å². The Kier molecular flexibility index (Phi) is 4.52. The highest BCUT2D eigenvalue weighted by atomic mass is 16.5. The molecule has 1 aromatic carbocycles. The fourth-order valence-electron chi connectivity index (χ4n) is 3.72. The molecule has 3 heteroatoms. The molecule has 2 aromatic rings. The molecule has 0 bridgehead atoms. The summed E-state index contributed by atoms with van der Waals surface area (Å²) in [6, 6.07) is 11.5. The molecule has 3 nitrogen and oxygen atoms in total. The van der Waals surface area contributed by atoms with Crippen LogP contribution in [0.5, 0.6) is 11.5 Å². The summed E-state index contributed by atoms with van der Waals surface area (Å²) in [5, 5.41) is 0. The molecule has 2 heterocycles. The van der Waals surface area contributed by atoms with Gasteiger partial charge in [0.25, 0.3) is 0 Å². The summed E-state index contributed by atoms with van der Waals surface area (Å²) in [6.45, 7) is 4.51. The SMILES string of the molecule is CCc1ccc(Oc2ccc3c(c2)CCN(C2CCC2)CC3)cn1. The third-order valence-corrected chi connectivity index (χ3v) is 5.50. The standard InChI is InChI=1S/C21H26N2O/c1-2-18-7-9-21(15-22-18)24-20-8-6-16-10-12-23(19-4-3-5-19)13-11-17(16)14-20/h6-9,14-15,19H,2-5,10-13H2,1H3. The first-order valence-corrected chi connectivity index (χ1v) is 9.30. The summed E-state index contributed by atoms with van der Waals surface area (Å²) in [7, 11) is 0. The Morgan fingerprint density at radius 1 is 1.04 bits per heavy atom. The van der Waals surface area contributed by atoms with Gasteiger partial charge < -0.3 is 4.74 Å². The lowest BCUT2D eigenvalue weighted by Crippen LogP contribution is -2.41. The number of nitrogens with zero attached hydrogens (tertiary/aromatic N) is 2.